The highest BCUT2D eigenvalue weighted by molar-refractivity contribution is 7.15. The van der Waals surface area contributed by atoms with Crippen molar-refractivity contribution in [1.82, 2.24) is 9.97 Å². The fourth-order valence-corrected chi connectivity index (χ4v) is 2.79. The van der Waals surface area contributed by atoms with E-state index in [1.54, 1.807) is 11.3 Å². The van der Waals surface area contributed by atoms with Crippen LogP contribution in [0.5, 0.6) is 0 Å². The molecule has 0 spiro atoms. The van der Waals surface area contributed by atoms with E-state index in [0.717, 1.165) is 23.1 Å². The normalized spacial score (nSPS) is 14.8. The maximum atomic E-state index is 4.72. The van der Waals surface area contributed by atoms with E-state index in [9.17, 15) is 0 Å². The van der Waals surface area contributed by atoms with E-state index in [0.29, 0.717) is 5.92 Å². The lowest BCUT2D eigenvalue weighted by Gasteiger charge is -2.07. The molecule has 0 amide bonds. The zero-order valence-corrected chi connectivity index (χ0v) is 11.5. The Hall–Kier alpha value is -1.42. The first-order chi connectivity index (χ1) is 8.76. The molecule has 0 saturated heterocycles. The molecule has 94 valence electrons. The maximum absolute atomic E-state index is 4.72. The van der Waals surface area contributed by atoms with Gasteiger partial charge in [-0.3, -0.25) is 0 Å². The van der Waals surface area contributed by atoms with Gasteiger partial charge in [0.25, 0.3) is 0 Å². The van der Waals surface area contributed by atoms with E-state index >= 15 is 0 Å². The molecule has 0 unspecified atom stereocenters. The van der Waals surface area contributed by atoms with Crippen molar-refractivity contribution >= 4 is 17.2 Å². The van der Waals surface area contributed by atoms with Crippen LogP contribution in [0, 0.1) is 6.92 Å². The predicted octanol–water partition coefficient (Wildman–Crippen LogP) is 3.82. The van der Waals surface area contributed by atoms with Crippen LogP contribution in [-0.2, 0) is 0 Å². The molecule has 1 N–H and O–H groups in total. The average Bonchev–Trinajstić information content (AvgIpc) is 3.12. The Kier molecular flexibility index (Phi) is 3.04. The largest absolute Gasteiger partial charge is 0.370 e. The Morgan fingerprint density at radius 1 is 1.33 bits per heavy atom. The van der Waals surface area contributed by atoms with Crippen molar-refractivity contribution in [2.24, 2.45) is 0 Å². The summed E-state index contributed by atoms with van der Waals surface area (Å²) in [7, 11) is 0. The van der Waals surface area contributed by atoms with E-state index in [2.05, 4.69) is 42.3 Å². The summed E-state index contributed by atoms with van der Waals surface area (Å²) in [6.07, 6.45) is 2.54. The molecule has 3 rings (SSSR count). The smallest absolute Gasteiger partial charge is 0.171 e. The monoisotopic (exact) mass is 259 g/mol. The van der Waals surface area contributed by atoms with Crippen molar-refractivity contribution in [3.05, 3.63) is 28.8 Å². The Bertz CT molecular complexity index is 558. The molecule has 4 heteroatoms. The molecule has 18 heavy (non-hydrogen) atoms. The van der Waals surface area contributed by atoms with E-state index in [4.69, 9.17) is 4.98 Å². The zero-order chi connectivity index (χ0) is 12.5. The van der Waals surface area contributed by atoms with Gasteiger partial charge in [0.05, 0.1) is 4.88 Å². The summed E-state index contributed by atoms with van der Waals surface area (Å²) in [6, 6.07) is 6.34. The highest BCUT2D eigenvalue weighted by Gasteiger charge is 2.26. The Labute approximate surface area is 111 Å². The van der Waals surface area contributed by atoms with Gasteiger partial charge in [-0.1, -0.05) is 0 Å². The molecular weight excluding hydrogens is 242 g/mol. The fourth-order valence-electron chi connectivity index (χ4n) is 1.99. The van der Waals surface area contributed by atoms with Crippen molar-refractivity contribution in [3.8, 4) is 10.7 Å². The summed E-state index contributed by atoms with van der Waals surface area (Å²) >= 11 is 1.76. The molecule has 0 aromatic carbocycles. The lowest BCUT2D eigenvalue weighted by molar-refractivity contribution is 0.990. The van der Waals surface area contributed by atoms with Crippen molar-refractivity contribution in [2.75, 3.05) is 11.9 Å². The molecule has 2 aromatic rings. The molecule has 0 atom stereocenters. The molecule has 2 heterocycles. The van der Waals surface area contributed by atoms with Crippen LogP contribution < -0.4 is 5.32 Å². The molecule has 1 fully saturated rings. The summed E-state index contributed by atoms with van der Waals surface area (Å²) < 4.78 is 0. The number of hydrogen-bond acceptors (Lipinski definition) is 4. The SMILES string of the molecule is CCNc1cc(C2CC2)nc(-c2ccc(C)s2)n1. The summed E-state index contributed by atoms with van der Waals surface area (Å²) in [4.78, 5) is 11.8. The molecule has 2 aromatic heterocycles. The van der Waals surface area contributed by atoms with Crippen molar-refractivity contribution in [2.45, 2.75) is 32.6 Å². The Morgan fingerprint density at radius 3 is 2.78 bits per heavy atom. The van der Waals surface area contributed by atoms with E-state index in [1.807, 2.05) is 0 Å². The predicted molar refractivity (Wildman–Crippen MR) is 76.2 cm³/mol. The number of aromatic nitrogens is 2. The molecule has 1 aliphatic rings. The van der Waals surface area contributed by atoms with Crippen LogP contribution >= 0.6 is 11.3 Å². The molecule has 3 nitrogen and oxygen atoms in total. The summed E-state index contributed by atoms with van der Waals surface area (Å²) in [5.41, 5.74) is 1.20. The third kappa shape index (κ3) is 2.38. The van der Waals surface area contributed by atoms with Gasteiger partial charge < -0.3 is 5.32 Å². The molecule has 1 saturated carbocycles. The van der Waals surface area contributed by atoms with Gasteiger partial charge in [-0.2, -0.15) is 0 Å². The van der Waals surface area contributed by atoms with Gasteiger partial charge in [0, 0.05) is 29.1 Å². The third-order valence-electron chi connectivity index (χ3n) is 3.06. The molecule has 1 aliphatic carbocycles. The average molecular weight is 259 g/mol. The standard InChI is InChI=1S/C14H17N3S/c1-3-15-13-8-11(10-5-6-10)16-14(17-13)12-7-4-9(2)18-12/h4,7-8,10H,3,5-6H2,1-2H3,(H,15,16,17). The van der Waals surface area contributed by atoms with Crippen LogP contribution in [0.25, 0.3) is 10.7 Å². The highest BCUT2D eigenvalue weighted by Crippen LogP contribution is 2.40. The molecule has 0 aliphatic heterocycles. The number of nitrogens with zero attached hydrogens (tertiary/aromatic N) is 2. The molecule has 0 bridgehead atoms. The number of hydrogen-bond donors (Lipinski definition) is 1. The minimum Gasteiger partial charge on any atom is -0.370 e. The van der Waals surface area contributed by atoms with Gasteiger partial charge in [0.2, 0.25) is 0 Å². The van der Waals surface area contributed by atoms with Gasteiger partial charge in [-0.25, -0.2) is 9.97 Å². The number of nitrogens with one attached hydrogen (secondary N) is 1. The van der Waals surface area contributed by atoms with Crippen molar-refractivity contribution in [3.63, 3.8) is 0 Å². The van der Waals surface area contributed by atoms with Gasteiger partial charge in [-0.15, -0.1) is 11.3 Å². The van der Waals surface area contributed by atoms with Crippen LogP contribution in [0.2, 0.25) is 0 Å². The second-order valence-corrected chi connectivity index (χ2v) is 6.00. The van der Waals surface area contributed by atoms with Crippen LogP contribution in [0.3, 0.4) is 0 Å². The number of aryl methyl sites for hydroxylation is 1. The van der Waals surface area contributed by atoms with Gasteiger partial charge in [-0.05, 0) is 38.8 Å². The summed E-state index contributed by atoms with van der Waals surface area (Å²) in [5, 5.41) is 3.30. The van der Waals surface area contributed by atoms with Gasteiger partial charge >= 0.3 is 0 Å². The van der Waals surface area contributed by atoms with Crippen LogP contribution in [0.4, 0.5) is 5.82 Å². The lowest BCUT2D eigenvalue weighted by atomic mass is 10.2. The Balaban J connectivity index is 2.01. The number of thiophene rings is 1. The van der Waals surface area contributed by atoms with Crippen LogP contribution in [0.15, 0.2) is 18.2 Å². The van der Waals surface area contributed by atoms with Crippen molar-refractivity contribution < 1.29 is 0 Å². The van der Waals surface area contributed by atoms with Gasteiger partial charge in [0.15, 0.2) is 5.82 Å². The van der Waals surface area contributed by atoms with E-state index < -0.39 is 0 Å². The summed E-state index contributed by atoms with van der Waals surface area (Å²) in [5.74, 6) is 2.48. The molecular formula is C14H17N3S. The van der Waals surface area contributed by atoms with Gasteiger partial charge in [0.1, 0.15) is 5.82 Å². The quantitative estimate of drug-likeness (QED) is 0.907. The number of anilines is 1. The lowest BCUT2D eigenvalue weighted by Crippen LogP contribution is -2.03. The zero-order valence-electron chi connectivity index (χ0n) is 10.7. The first kappa shape index (κ1) is 11.7. The second-order valence-electron chi connectivity index (χ2n) is 4.72. The topological polar surface area (TPSA) is 37.8 Å². The fraction of sp³-hybridized carbons (Fsp3) is 0.429. The first-order valence-corrected chi connectivity index (χ1v) is 7.27. The van der Waals surface area contributed by atoms with E-state index in [1.165, 1.54) is 23.4 Å². The summed E-state index contributed by atoms with van der Waals surface area (Å²) in [6.45, 7) is 5.10. The first-order valence-electron chi connectivity index (χ1n) is 6.46. The van der Waals surface area contributed by atoms with Crippen LogP contribution in [0.1, 0.15) is 36.3 Å². The maximum Gasteiger partial charge on any atom is 0.171 e. The third-order valence-corrected chi connectivity index (χ3v) is 4.06. The molecule has 0 radical (unpaired) electrons. The second kappa shape index (κ2) is 4.69. The highest BCUT2D eigenvalue weighted by atomic mass is 32.1. The minimum atomic E-state index is 0.658. The van der Waals surface area contributed by atoms with Crippen LogP contribution in [-0.4, -0.2) is 16.5 Å². The minimum absolute atomic E-state index is 0.658. The van der Waals surface area contributed by atoms with Crippen molar-refractivity contribution in [1.29, 1.82) is 0 Å². The Morgan fingerprint density at radius 2 is 2.17 bits per heavy atom. The van der Waals surface area contributed by atoms with E-state index in [-0.39, 0.29) is 0 Å². The number of rotatable bonds is 4.